The van der Waals surface area contributed by atoms with Gasteiger partial charge in [-0.05, 0) is 18.2 Å². The summed E-state index contributed by atoms with van der Waals surface area (Å²) in [5, 5.41) is 10.8. The molecule has 0 spiro atoms. The van der Waals surface area contributed by atoms with E-state index in [4.69, 9.17) is 10.3 Å². The van der Waals surface area contributed by atoms with Gasteiger partial charge in [0.15, 0.2) is 0 Å². The molecule has 0 aliphatic heterocycles. The normalized spacial score (nSPS) is 10.5. The Hall–Kier alpha value is 0.366. The van der Waals surface area contributed by atoms with Gasteiger partial charge in [0, 0.05) is 5.69 Å². The molecule has 0 heterocycles. The monoisotopic (exact) mass is 227 g/mol. The first kappa shape index (κ1) is 13.4. The van der Waals surface area contributed by atoms with Crippen LogP contribution in [-0.4, -0.2) is 13.0 Å². The molecule has 0 aliphatic carbocycles. The van der Waals surface area contributed by atoms with Crippen LogP contribution in [0.25, 0.3) is 0 Å². The summed E-state index contributed by atoms with van der Waals surface area (Å²) < 4.78 is 29.4. The number of benzene rings is 1. The van der Waals surface area contributed by atoms with Crippen molar-refractivity contribution in [2.45, 2.75) is 4.90 Å². The molecule has 3 N–H and O–H groups in total. The smallest absolute Gasteiger partial charge is 0.871 e. The Morgan fingerprint density at radius 1 is 1.38 bits per heavy atom. The van der Waals surface area contributed by atoms with Gasteiger partial charge in [-0.15, -0.1) is 0 Å². The molecule has 0 saturated carbocycles. The standard InChI is InChI=1S/C6H7NO4S.K/c7-5-2-1-4(3-6(5)8)12(9,10)11;/h1-3,8H,7H2,(H,9,10,11);/q;+1/p-1. The fourth-order valence-electron chi connectivity index (χ4n) is 0.675. The quantitative estimate of drug-likeness (QED) is 0.295. The van der Waals surface area contributed by atoms with Crippen molar-refractivity contribution in [1.82, 2.24) is 0 Å². The number of anilines is 1. The van der Waals surface area contributed by atoms with Crippen LogP contribution in [0.3, 0.4) is 0 Å². The van der Waals surface area contributed by atoms with E-state index in [1.54, 1.807) is 0 Å². The first-order valence-corrected chi connectivity index (χ1v) is 4.39. The Bertz CT molecular complexity index is 403. The van der Waals surface area contributed by atoms with Gasteiger partial charge in [-0.1, -0.05) is 5.75 Å². The summed E-state index contributed by atoms with van der Waals surface area (Å²) in [5.74, 6) is -0.620. The van der Waals surface area contributed by atoms with Gasteiger partial charge in [0.1, 0.15) is 0 Å². The summed E-state index contributed by atoms with van der Waals surface area (Å²) in [7, 11) is -4.30. The minimum atomic E-state index is -4.30. The Morgan fingerprint density at radius 2 is 1.92 bits per heavy atom. The molecular formula is C6H6KNO4S. The van der Waals surface area contributed by atoms with Crippen LogP contribution in [0.2, 0.25) is 0 Å². The predicted octanol–water partition coefficient (Wildman–Crippen LogP) is -3.41. The second-order valence-electron chi connectivity index (χ2n) is 2.17. The van der Waals surface area contributed by atoms with Gasteiger partial charge in [0.25, 0.3) is 10.1 Å². The van der Waals surface area contributed by atoms with Gasteiger partial charge < -0.3 is 10.8 Å². The maximum absolute atomic E-state index is 10.8. The van der Waals surface area contributed by atoms with Crippen molar-refractivity contribution in [2.75, 3.05) is 5.73 Å². The van der Waals surface area contributed by atoms with Gasteiger partial charge >= 0.3 is 51.4 Å². The average molecular weight is 227 g/mol. The van der Waals surface area contributed by atoms with E-state index < -0.39 is 20.8 Å². The maximum atomic E-state index is 10.8. The molecule has 1 aromatic rings. The zero-order valence-electron chi connectivity index (χ0n) is 6.89. The second-order valence-corrected chi connectivity index (χ2v) is 3.60. The number of nitrogen functional groups attached to an aromatic ring is 1. The third-order valence-electron chi connectivity index (χ3n) is 1.28. The second kappa shape index (κ2) is 4.74. The summed E-state index contributed by atoms with van der Waals surface area (Å²) in [4.78, 5) is -0.443. The van der Waals surface area contributed by atoms with E-state index in [0.717, 1.165) is 18.2 Å². The van der Waals surface area contributed by atoms with Gasteiger partial charge in [-0.25, -0.2) is 0 Å². The van der Waals surface area contributed by atoms with E-state index in [2.05, 4.69) is 0 Å². The van der Waals surface area contributed by atoms with Crippen LogP contribution in [-0.2, 0) is 10.1 Å². The number of rotatable bonds is 1. The van der Waals surface area contributed by atoms with Crippen LogP contribution in [0.15, 0.2) is 23.1 Å². The third-order valence-corrected chi connectivity index (χ3v) is 2.13. The maximum Gasteiger partial charge on any atom is 1.00 e. The van der Waals surface area contributed by atoms with Crippen LogP contribution in [0.4, 0.5) is 5.69 Å². The van der Waals surface area contributed by atoms with Crippen molar-refractivity contribution >= 4 is 15.8 Å². The molecule has 0 radical (unpaired) electrons. The van der Waals surface area contributed by atoms with Crippen molar-refractivity contribution < 1.29 is 69.5 Å². The van der Waals surface area contributed by atoms with Crippen molar-refractivity contribution in [2.24, 2.45) is 0 Å². The zero-order valence-corrected chi connectivity index (χ0v) is 10.8. The van der Waals surface area contributed by atoms with Crippen LogP contribution in [0, 0.1) is 0 Å². The Morgan fingerprint density at radius 3 is 2.31 bits per heavy atom. The first-order valence-electron chi connectivity index (χ1n) is 2.95. The van der Waals surface area contributed by atoms with Gasteiger partial charge in [-0.3, -0.25) is 4.55 Å². The van der Waals surface area contributed by atoms with Crippen molar-refractivity contribution in [1.29, 1.82) is 0 Å². The minimum Gasteiger partial charge on any atom is -0.871 e. The Labute approximate surface area is 118 Å². The number of nitrogens with two attached hydrogens (primary N) is 1. The molecule has 1 rings (SSSR count). The van der Waals surface area contributed by atoms with Gasteiger partial charge in [-0.2, -0.15) is 8.42 Å². The molecule has 66 valence electrons. The predicted molar refractivity (Wildman–Crippen MR) is 40.1 cm³/mol. The summed E-state index contributed by atoms with van der Waals surface area (Å²) in [6, 6.07) is 2.96. The summed E-state index contributed by atoms with van der Waals surface area (Å²) in [5.41, 5.74) is 5.09. The molecular weight excluding hydrogens is 221 g/mol. The number of hydrogen-bond acceptors (Lipinski definition) is 4. The third kappa shape index (κ3) is 3.54. The van der Waals surface area contributed by atoms with E-state index in [-0.39, 0.29) is 57.1 Å². The van der Waals surface area contributed by atoms with Crippen LogP contribution >= 0.6 is 0 Å². The van der Waals surface area contributed by atoms with Crippen molar-refractivity contribution in [3.63, 3.8) is 0 Å². The Balaban J connectivity index is 0.00000144. The van der Waals surface area contributed by atoms with E-state index in [1.807, 2.05) is 0 Å². The molecule has 0 aliphatic rings. The van der Waals surface area contributed by atoms with Crippen molar-refractivity contribution in [3.8, 4) is 5.75 Å². The molecule has 13 heavy (non-hydrogen) atoms. The van der Waals surface area contributed by atoms with E-state index >= 15 is 0 Å². The molecule has 0 atom stereocenters. The molecule has 0 unspecified atom stereocenters. The van der Waals surface area contributed by atoms with Crippen molar-refractivity contribution in [3.05, 3.63) is 18.2 Å². The zero-order chi connectivity index (χ0) is 9.35. The Kier molecular flexibility index (Phi) is 4.87. The fraction of sp³-hybridized carbons (Fsp3) is 0. The fourth-order valence-corrected chi connectivity index (χ4v) is 1.17. The van der Waals surface area contributed by atoms with Crippen LogP contribution in [0.5, 0.6) is 5.75 Å². The molecule has 0 aromatic heterocycles. The summed E-state index contributed by atoms with van der Waals surface area (Å²) in [6.07, 6.45) is 0. The molecule has 0 fully saturated rings. The minimum absolute atomic E-state index is 0. The van der Waals surface area contributed by atoms with Crippen LogP contribution < -0.4 is 62.2 Å². The molecule has 7 heteroatoms. The van der Waals surface area contributed by atoms with Gasteiger partial charge in [0.05, 0.1) is 4.90 Å². The van der Waals surface area contributed by atoms with E-state index in [9.17, 15) is 13.5 Å². The molecule has 1 aromatic carbocycles. The average Bonchev–Trinajstić information content (AvgIpc) is 1.92. The largest absolute Gasteiger partial charge is 1.00 e. The van der Waals surface area contributed by atoms with E-state index in [0.29, 0.717) is 0 Å². The summed E-state index contributed by atoms with van der Waals surface area (Å²) in [6.45, 7) is 0. The molecule has 5 nitrogen and oxygen atoms in total. The molecule has 0 saturated heterocycles. The molecule has 0 bridgehead atoms. The molecule has 0 amide bonds. The SMILES string of the molecule is Nc1ccc(S(=O)(=O)O)cc1[O-].[K+]. The van der Waals surface area contributed by atoms with Crippen LogP contribution in [0.1, 0.15) is 0 Å². The topological polar surface area (TPSA) is 103 Å². The first-order chi connectivity index (χ1) is 5.41. The number of hydrogen-bond donors (Lipinski definition) is 2. The van der Waals surface area contributed by atoms with E-state index in [1.165, 1.54) is 0 Å². The summed E-state index contributed by atoms with van der Waals surface area (Å²) >= 11 is 0. The van der Waals surface area contributed by atoms with Gasteiger partial charge in [0.2, 0.25) is 0 Å².